The first-order valence-corrected chi connectivity index (χ1v) is 6.57. The molecule has 0 saturated carbocycles. The normalized spacial score (nSPS) is 20.4. The van der Waals surface area contributed by atoms with Gasteiger partial charge in [-0.3, -0.25) is 4.79 Å². The van der Waals surface area contributed by atoms with Crippen molar-refractivity contribution in [2.75, 3.05) is 19.2 Å². The zero-order chi connectivity index (χ0) is 13.8. The average molecular weight is 278 g/mol. The number of carbonyl (C=O) groups excluding carboxylic acids is 2. The third kappa shape index (κ3) is 4.72. The molecule has 6 heteroatoms. The van der Waals surface area contributed by atoms with Gasteiger partial charge in [0, 0.05) is 13.1 Å². The summed E-state index contributed by atoms with van der Waals surface area (Å²) in [6, 6.07) is -0.151. The van der Waals surface area contributed by atoms with Gasteiger partial charge in [-0.25, -0.2) is 4.79 Å². The zero-order valence-electron chi connectivity index (χ0n) is 11.1. The van der Waals surface area contributed by atoms with E-state index in [0.29, 0.717) is 13.1 Å². The maximum Gasteiger partial charge on any atom is 0.410 e. The van der Waals surface area contributed by atoms with Crippen LogP contribution in [0.15, 0.2) is 0 Å². The molecule has 0 spiro atoms. The molecule has 1 aliphatic rings. The van der Waals surface area contributed by atoms with Crippen LogP contribution in [0.25, 0.3) is 0 Å². The van der Waals surface area contributed by atoms with E-state index in [9.17, 15) is 9.59 Å². The molecule has 0 bridgehead atoms. The minimum Gasteiger partial charge on any atom is -0.449 e. The van der Waals surface area contributed by atoms with E-state index in [1.165, 1.54) is 0 Å². The van der Waals surface area contributed by atoms with Gasteiger partial charge in [0.05, 0.1) is 5.92 Å². The Hall–Kier alpha value is -0.970. The Balaban J connectivity index is 2.53. The monoisotopic (exact) mass is 277 g/mol. The molecule has 0 aromatic carbocycles. The Morgan fingerprint density at radius 2 is 2.06 bits per heavy atom. The van der Waals surface area contributed by atoms with Crippen LogP contribution in [0.1, 0.15) is 33.6 Å². The molecule has 1 amide bonds. The van der Waals surface area contributed by atoms with E-state index in [1.54, 1.807) is 4.90 Å². The van der Waals surface area contributed by atoms with Gasteiger partial charge in [0.1, 0.15) is 5.60 Å². The summed E-state index contributed by atoms with van der Waals surface area (Å²) in [5, 5.41) is 0. The van der Waals surface area contributed by atoms with E-state index in [-0.39, 0.29) is 24.0 Å². The van der Waals surface area contributed by atoms with E-state index in [0.717, 1.165) is 12.8 Å². The molecule has 1 rings (SSSR count). The summed E-state index contributed by atoms with van der Waals surface area (Å²) in [5.41, 5.74) is -0.527. The lowest BCUT2D eigenvalue weighted by Gasteiger charge is -2.33. The molecular formula is C12H20ClNO4. The number of rotatable bonds is 2. The fraction of sp³-hybridized carbons (Fsp3) is 0.833. The number of hydrogen-bond acceptors (Lipinski definition) is 4. The van der Waals surface area contributed by atoms with Crippen molar-refractivity contribution in [3.63, 3.8) is 0 Å². The summed E-state index contributed by atoms with van der Waals surface area (Å²) in [6.07, 6.45) is 1.10. The van der Waals surface area contributed by atoms with E-state index < -0.39 is 5.60 Å². The highest BCUT2D eigenvalue weighted by molar-refractivity contribution is 6.17. The number of amides is 1. The van der Waals surface area contributed by atoms with Crippen LogP contribution in [0, 0.1) is 5.92 Å². The van der Waals surface area contributed by atoms with Crippen LogP contribution >= 0.6 is 11.6 Å². The zero-order valence-corrected chi connectivity index (χ0v) is 11.8. The first-order valence-electron chi connectivity index (χ1n) is 6.04. The quantitative estimate of drug-likeness (QED) is 0.574. The van der Waals surface area contributed by atoms with Crippen LogP contribution in [0.2, 0.25) is 0 Å². The SMILES string of the molecule is CC(C)(C)OC(=O)N1CCC[C@H](C(=O)OCCl)C1. The van der Waals surface area contributed by atoms with Gasteiger partial charge in [-0.05, 0) is 33.6 Å². The average Bonchev–Trinajstić information content (AvgIpc) is 2.27. The van der Waals surface area contributed by atoms with Crippen LogP contribution in [-0.4, -0.2) is 41.7 Å². The van der Waals surface area contributed by atoms with Crippen molar-refractivity contribution in [1.29, 1.82) is 0 Å². The maximum absolute atomic E-state index is 11.9. The minimum absolute atomic E-state index is 0.151. The Labute approximate surface area is 112 Å². The molecule has 1 aliphatic heterocycles. The topological polar surface area (TPSA) is 55.8 Å². The molecule has 18 heavy (non-hydrogen) atoms. The number of esters is 1. The van der Waals surface area contributed by atoms with E-state index in [2.05, 4.69) is 0 Å². The van der Waals surface area contributed by atoms with Crippen molar-refractivity contribution in [2.24, 2.45) is 5.92 Å². The van der Waals surface area contributed by atoms with Crippen LogP contribution < -0.4 is 0 Å². The van der Waals surface area contributed by atoms with Gasteiger partial charge in [0.15, 0.2) is 6.07 Å². The molecule has 1 heterocycles. The Bertz CT molecular complexity index is 314. The van der Waals surface area contributed by atoms with Crippen molar-refractivity contribution in [2.45, 2.75) is 39.2 Å². The first-order chi connectivity index (χ1) is 8.33. The molecule has 5 nitrogen and oxygen atoms in total. The van der Waals surface area contributed by atoms with Gasteiger partial charge in [0.25, 0.3) is 0 Å². The van der Waals surface area contributed by atoms with E-state index in [1.807, 2.05) is 20.8 Å². The Morgan fingerprint density at radius 3 is 2.61 bits per heavy atom. The highest BCUT2D eigenvalue weighted by Crippen LogP contribution is 2.20. The fourth-order valence-electron chi connectivity index (χ4n) is 1.83. The number of hydrogen-bond donors (Lipinski definition) is 0. The first kappa shape index (κ1) is 15.1. The Kier molecular flexibility index (Phi) is 5.26. The van der Waals surface area contributed by atoms with Gasteiger partial charge in [-0.2, -0.15) is 0 Å². The van der Waals surface area contributed by atoms with E-state index in [4.69, 9.17) is 21.1 Å². The fourth-order valence-corrected chi connectivity index (χ4v) is 1.94. The molecule has 0 unspecified atom stereocenters. The third-order valence-electron chi connectivity index (χ3n) is 2.60. The van der Waals surface area contributed by atoms with Crippen molar-refractivity contribution < 1.29 is 19.1 Å². The molecule has 1 fully saturated rings. The predicted molar refractivity (Wildman–Crippen MR) is 67.3 cm³/mol. The number of piperidine rings is 1. The standard InChI is InChI=1S/C12H20ClNO4/c1-12(2,3)18-11(16)14-6-4-5-9(7-14)10(15)17-8-13/h9H,4-8H2,1-3H3/t9-/m0/s1. The number of halogens is 1. The highest BCUT2D eigenvalue weighted by atomic mass is 35.5. The number of nitrogens with zero attached hydrogens (tertiary/aromatic N) is 1. The lowest BCUT2D eigenvalue weighted by atomic mass is 9.99. The van der Waals surface area contributed by atoms with Gasteiger partial charge >= 0.3 is 12.1 Å². The van der Waals surface area contributed by atoms with Gasteiger partial charge in [-0.15, -0.1) is 0 Å². The van der Waals surface area contributed by atoms with Crippen LogP contribution in [-0.2, 0) is 14.3 Å². The second kappa shape index (κ2) is 6.27. The molecule has 104 valence electrons. The van der Waals surface area contributed by atoms with Crippen LogP contribution in [0.3, 0.4) is 0 Å². The van der Waals surface area contributed by atoms with Gasteiger partial charge in [-0.1, -0.05) is 11.6 Å². The molecule has 0 N–H and O–H groups in total. The number of ether oxygens (including phenoxy) is 2. The van der Waals surface area contributed by atoms with Crippen LogP contribution in [0.4, 0.5) is 4.79 Å². The largest absolute Gasteiger partial charge is 0.449 e. The second-order valence-corrected chi connectivity index (χ2v) is 5.56. The van der Waals surface area contributed by atoms with Crippen molar-refractivity contribution >= 4 is 23.7 Å². The summed E-state index contributed by atoms with van der Waals surface area (Å²) >= 11 is 5.35. The molecule has 0 aromatic rings. The lowest BCUT2D eigenvalue weighted by molar-refractivity contribution is -0.148. The van der Waals surface area contributed by atoms with Gasteiger partial charge < -0.3 is 14.4 Å². The number of likely N-dealkylation sites (tertiary alicyclic amines) is 1. The molecule has 1 atom stereocenters. The smallest absolute Gasteiger partial charge is 0.410 e. The summed E-state index contributed by atoms with van der Waals surface area (Å²) in [6.45, 7) is 6.39. The molecule has 0 aromatic heterocycles. The third-order valence-corrected chi connectivity index (χ3v) is 2.71. The lowest BCUT2D eigenvalue weighted by Crippen LogP contribution is -2.45. The molecule has 0 aliphatic carbocycles. The molecular weight excluding hydrogens is 258 g/mol. The second-order valence-electron chi connectivity index (χ2n) is 5.34. The minimum atomic E-state index is -0.527. The summed E-state index contributed by atoms with van der Waals surface area (Å²) < 4.78 is 10.0. The summed E-state index contributed by atoms with van der Waals surface area (Å²) in [4.78, 5) is 25.0. The maximum atomic E-state index is 11.9. The predicted octanol–water partition coefficient (Wildman–Crippen LogP) is 2.37. The van der Waals surface area contributed by atoms with Crippen molar-refractivity contribution in [3.05, 3.63) is 0 Å². The summed E-state index contributed by atoms with van der Waals surface area (Å²) in [7, 11) is 0. The number of alkyl halides is 1. The van der Waals surface area contributed by atoms with Gasteiger partial charge in [0.2, 0.25) is 0 Å². The summed E-state index contributed by atoms with van der Waals surface area (Å²) in [5.74, 6) is -0.650. The van der Waals surface area contributed by atoms with Crippen molar-refractivity contribution in [1.82, 2.24) is 4.90 Å². The van der Waals surface area contributed by atoms with Crippen molar-refractivity contribution in [3.8, 4) is 0 Å². The highest BCUT2D eigenvalue weighted by Gasteiger charge is 2.31. The van der Waals surface area contributed by atoms with Crippen LogP contribution in [0.5, 0.6) is 0 Å². The molecule has 0 radical (unpaired) electrons. The Morgan fingerprint density at radius 1 is 1.39 bits per heavy atom. The van der Waals surface area contributed by atoms with E-state index >= 15 is 0 Å². The number of carbonyl (C=O) groups is 2. The molecule has 1 saturated heterocycles.